The van der Waals surface area contributed by atoms with E-state index >= 15 is 0 Å². The second-order valence-corrected chi connectivity index (χ2v) is 6.12. The zero-order valence-electron chi connectivity index (χ0n) is 13.9. The third-order valence-electron chi connectivity index (χ3n) is 3.34. The molecule has 0 saturated heterocycles. The fourth-order valence-electron chi connectivity index (χ4n) is 2.02. The molecule has 0 heterocycles. The summed E-state index contributed by atoms with van der Waals surface area (Å²) in [7, 11) is 0. The molecular weight excluding hydrogens is 397 g/mol. The van der Waals surface area contributed by atoms with Gasteiger partial charge in [0.05, 0.1) is 15.5 Å². The number of non-ortho nitro benzene ring substituents is 1. The molecule has 0 atom stereocenters. The first-order valence-electron chi connectivity index (χ1n) is 7.74. The van der Waals surface area contributed by atoms with Gasteiger partial charge in [-0.2, -0.15) is 0 Å². The first kappa shape index (κ1) is 20.5. The van der Waals surface area contributed by atoms with Crippen LogP contribution in [0.3, 0.4) is 0 Å². The number of ether oxygens (including phenoxy) is 1. The summed E-state index contributed by atoms with van der Waals surface area (Å²) >= 11 is 11.6. The van der Waals surface area contributed by atoms with Crippen LogP contribution in [-0.2, 0) is 9.53 Å². The zero-order chi connectivity index (χ0) is 19.8. The monoisotopic (exact) mass is 411 g/mol. The smallest absolute Gasteiger partial charge is 0.340 e. The fourth-order valence-corrected chi connectivity index (χ4v) is 2.51. The summed E-state index contributed by atoms with van der Waals surface area (Å²) in [6.07, 6.45) is 0. The Labute approximate surface area is 164 Å². The van der Waals surface area contributed by atoms with E-state index in [0.29, 0.717) is 17.3 Å². The molecule has 0 bridgehead atoms. The van der Waals surface area contributed by atoms with Crippen molar-refractivity contribution in [1.82, 2.24) is 5.32 Å². The normalized spacial score (nSPS) is 10.1. The van der Waals surface area contributed by atoms with Crippen molar-refractivity contribution in [2.24, 2.45) is 0 Å². The molecule has 10 heteroatoms. The number of rotatable bonds is 8. The van der Waals surface area contributed by atoms with Gasteiger partial charge in [0, 0.05) is 35.9 Å². The molecule has 0 saturated carbocycles. The van der Waals surface area contributed by atoms with E-state index in [-0.39, 0.29) is 22.8 Å². The SMILES string of the molecule is O=C(COC(=O)c1ccc(Cl)cc1Cl)NCCNc1ccc([N+](=O)[O-])cc1. The van der Waals surface area contributed by atoms with E-state index in [2.05, 4.69) is 10.6 Å². The standard InChI is InChI=1S/C17H15Cl2N3O5/c18-11-1-6-14(15(19)9-11)17(24)27-10-16(23)21-8-7-20-12-2-4-13(5-3-12)22(25)26/h1-6,9,20H,7-8,10H2,(H,21,23). The van der Waals surface area contributed by atoms with Gasteiger partial charge in [0.25, 0.3) is 11.6 Å². The molecule has 0 unspecified atom stereocenters. The Morgan fingerprint density at radius 1 is 1.07 bits per heavy atom. The molecule has 0 spiro atoms. The Kier molecular flexibility index (Phi) is 7.39. The van der Waals surface area contributed by atoms with Crippen LogP contribution in [0.25, 0.3) is 0 Å². The van der Waals surface area contributed by atoms with E-state index in [1.54, 1.807) is 12.1 Å². The molecule has 27 heavy (non-hydrogen) atoms. The van der Waals surface area contributed by atoms with Crippen molar-refractivity contribution in [3.63, 3.8) is 0 Å². The molecule has 0 fully saturated rings. The number of nitrogens with one attached hydrogen (secondary N) is 2. The molecule has 2 aromatic carbocycles. The molecule has 0 aliphatic rings. The third-order valence-corrected chi connectivity index (χ3v) is 3.89. The van der Waals surface area contributed by atoms with Crippen molar-refractivity contribution in [2.45, 2.75) is 0 Å². The number of carbonyl (C=O) groups is 2. The lowest BCUT2D eigenvalue weighted by Gasteiger charge is -2.09. The Bertz CT molecular complexity index is 843. The minimum absolute atomic E-state index is 0.00328. The van der Waals surface area contributed by atoms with Gasteiger partial charge < -0.3 is 15.4 Å². The Morgan fingerprint density at radius 2 is 1.78 bits per heavy atom. The number of halogens is 2. The highest BCUT2D eigenvalue weighted by Gasteiger charge is 2.14. The summed E-state index contributed by atoms with van der Waals surface area (Å²) in [6, 6.07) is 10.2. The van der Waals surface area contributed by atoms with Crippen LogP contribution in [-0.4, -0.2) is 36.5 Å². The first-order valence-corrected chi connectivity index (χ1v) is 8.49. The maximum atomic E-state index is 11.9. The van der Waals surface area contributed by atoms with Crippen LogP contribution in [0.5, 0.6) is 0 Å². The van der Waals surface area contributed by atoms with Gasteiger partial charge in [0.15, 0.2) is 6.61 Å². The minimum Gasteiger partial charge on any atom is -0.452 e. The van der Waals surface area contributed by atoms with Crippen LogP contribution in [0.15, 0.2) is 42.5 Å². The number of carbonyl (C=O) groups excluding carboxylic acids is 2. The predicted octanol–water partition coefficient (Wildman–Crippen LogP) is 3.29. The van der Waals surface area contributed by atoms with E-state index in [4.69, 9.17) is 27.9 Å². The van der Waals surface area contributed by atoms with E-state index < -0.39 is 23.4 Å². The number of nitro benzene ring substituents is 1. The van der Waals surface area contributed by atoms with E-state index in [0.717, 1.165) is 0 Å². The molecule has 0 aliphatic carbocycles. The molecule has 2 N–H and O–H groups in total. The van der Waals surface area contributed by atoms with E-state index in [9.17, 15) is 19.7 Å². The number of nitro groups is 1. The molecule has 142 valence electrons. The zero-order valence-corrected chi connectivity index (χ0v) is 15.4. The fraction of sp³-hybridized carbons (Fsp3) is 0.176. The second kappa shape index (κ2) is 9.75. The molecule has 2 aromatic rings. The average Bonchev–Trinajstić information content (AvgIpc) is 2.63. The summed E-state index contributed by atoms with van der Waals surface area (Å²) in [4.78, 5) is 33.7. The van der Waals surface area contributed by atoms with Crippen molar-refractivity contribution in [3.8, 4) is 0 Å². The Balaban J connectivity index is 1.68. The van der Waals surface area contributed by atoms with Crippen LogP contribution in [0.2, 0.25) is 10.0 Å². The van der Waals surface area contributed by atoms with E-state index in [1.165, 1.54) is 30.3 Å². The van der Waals surface area contributed by atoms with Gasteiger partial charge in [-0.15, -0.1) is 0 Å². The number of anilines is 1. The second-order valence-electron chi connectivity index (χ2n) is 5.28. The molecule has 1 amide bonds. The van der Waals surface area contributed by atoms with Crippen LogP contribution in [0, 0.1) is 10.1 Å². The summed E-state index contributed by atoms with van der Waals surface area (Å²) in [6.45, 7) is 0.213. The van der Waals surface area contributed by atoms with Gasteiger partial charge in [-0.25, -0.2) is 4.79 Å². The van der Waals surface area contributed by atoms with Gasteiger partial charge in [0.2, 0.25) is 0 Å². The van der Waals surface area contributed by atoms with Crippen molar-refractivity contribution >= 4 is 46.5 Å². The largest absolute Gasteiger partial charge is 0.452 e. The lowest BCUT2D eigenvalue weighted by atomic mass is 10.2. The van der Waals surface area contributed by atoms with Crippen molar-refractivity contribution < 1.29 is 19.2 Å². The number of amides is 1. The topological polar surface area (TPSA) is 111 Å². The number of esters is 1. The third kappa shape index (κ3) is 6.43. The molecule has 0 radical (unpaired) electrons. The van der Waals surface area contributed by atoms with Gasteiger partial charge in [-0.3, -0.25) is 14.9 Å². The van der Waals surface area contributed by atoms with E-state index in [1.807, 2.05) is 0 Å². The number of benzene rings is 2. The molecular formula is C17H15Cl2N3O5. The summed E-state index contributed by atoms with van der Waals surface area (Å²) in [5.41, 5.74) is 0.795. The maximum Gasteiger partial charge on any atom is 0.340 e. The van der Waals surface area contributed by atoms with Crippen molar-refractivity contribution in [2.75, 3.05) is 25.0 Å². The lowest BCUT2D eigenvalue weighted by molar-refractivity contribution is -0.384. The quantitative estimate of drug-likeness (QED) is 0.298. The van der Waals surface area contributed by atoms with Gasteiger partial charge >= 0.3 is 5.97 Å². The van der Waals surface area contributed by atoms with Gasteiger partial charge in [-0.05, 0) is 30.3 Å². The summed E-state index contributed by atoms with van der Waals surface area (Å²) < 4.78 is 4.90. The molecule has 0 aliphatic heterocycles. The number of hydrogen-bond acceptors (Lipinski definition) is 6. The van der Waals surface area contributed by atoms with Crippen LogP contribution in [0.1, 0.15) is 10.4 Å². The van der Waals surface area contributed by atoms with Crippen LogP contribution in [0.4, 0.5) is 11.4 Å². The number of hydrogen-bond donors (Lipinski definition) is 2. The summed E-state index contributed by atoms with van der Waals surface area (Å²) in [5, 5.41) is 16.7. The highest BCUT2D eigenvalue weighted by Crippen LogP contribution is 2.21. The van der Waals surface area contributed by atoms with Gasteiger partial charge in [-0.1, -0.05) is 23.2 Å². The van der Waals surface area contributed by atoms with Crippen LogP contribution >= 0.6 is 23.2 Å². The van der Waals surface area contributed by atoms with Crippen molar-refractivity contribution in [1.29, 1.82) is 0 Å². The predicted molar refractivity (Wildman–Crippen MR) is 101 cm³/mol. The first-order chi connectivity index (χ1) is 12.9. The molecule has 8 nitrogen and oxygen atoms in total. The Morgan fingerprint density at radius 3 is 2.41 bits per heavy atom. The highest BCUT2D eigenvalue weighted by molar-refractivity contribution is 6.36. The molecule has 0 aromatic heterocycles. The molecule has 2 rings (SSSR count). The average molecular weight is 412 g/mol. The summed E-state index contributed by atoms with van der Waals surface area (Å²) in [5.74, 6) is -1.20. The lowest BCUT2D eigenvalue weighted by Crippen LogP contribution is -2.32. The maximum absolute atomic E-state index is 11.9. The Hall–Kier alpha value is -2.84. The number of nitrogens with zero attached hydrogens (tertiary/aromatic N) is 1. The van der Waals surface area contributed by atoms with Gasteiger partial charge in [0.1, 0.15) is 0 Å². The van der Waals surface area contributed by atoms with Crippen LogP contribution < -0.4 is 10.6 Å². The minimum atomic E-state index is -0.726. The van der Waals surface area contributed by atoms with Crippen molar-refractivity contribution in [3.05, 3.63) is 68.2 Å². The highest BCUT2D eigenvalue weighted by atomic mass is 35.5.